The number of hydrogen-bond donors (Lipinski definition) is 0. The van der Waals surface area contributed by atoms with Gasteiger partial charge in [0.2, 0.25) is 0 Å². The average Bonchev–Trinajstić information content (AvgIpc) is 2.47. The molecule has 0 saturated heterocycles. The molecule has 0 atom stereocenters. The molecule has 0 amide bonds. The zero-order valence-corrected chi connectivity index (χ0v) is 12.0. The summed E-state index contributed by atoms with van der Waals surface area (Å²) in [6.07, 6.45) is 0.364. The maximum Gasteiger partial charge on any atom is 0.310 e. The molecule has 0 aliphatic carbocycles. The predicted molar refractivity (Wildman–Crippen MR) is 79.1 cm³/mol. The maximum absolute atomic E-state index is 11.4. The SMILES string of the molecule is CCC(=O)Oc1cccc(-c2cccc(OC)c2C)c1. The first-order chi connectivity index (χ1) is 9.65. The van der Waals surface area contributed by atoms with Gasteiger partial charge in [-0.15, -0.1) is 0 Å². The Labute approximate surface area is 119 Å². The van der Waals surface area contributed by atoms with Crippen molar-refractivity contribution in [2.45, 2.75) is 20.3 Å². The van der Waals surface area contributed by atoms with Gasteiger partial charge in [-0.3, -0.25) is 4.79 Å². The Kier molecular flexibility index (Phi) is 4.41. The van der Waals surface area contributed by atoms with Crippen LogP contribution >= 0.6 is 0 Å². The molecule has 0 bridgehead atoms. The zero-order chi connectivity index (χ0) is 14.5. The number of hydrogen-bond acceptors (Lipinski definition) is 3. The topological polar surface area (TPSA) is 35.5 Å². The Morgan fingerprint density at radius 3 is 2.60 bits per heavy atom. The van der Waals surface area contributed by atoms with Crippen LogP contribution in [0.5, 0.6) is 11.5 Å². The Balaban J connectivity index is 2.38. The fourth-order valence-electron chi connectivity index (χ4n) is 2.08. The second kappa shape index (κ2) is 6.24. The quantitative estimate of drug-likeness (QED) is 0.622. The van der Waals surface area contributed by atoms with Crippen LogP contribution in [0.2, 0.25) is 0 Å². The molecule has 0 N–H and O–H groups in total. The Bertz CT molecular complexity index is 617. The summed E-state index contributed by atoms with van der Waals surface area (Å²) in [5.41, 5.74) is 3.13. The Hall–Kier alpha value is -2.29. The highest BCUT2D eigenvalue weighted by atomic mass is 16.5. The lowest BCUT2D eigenvalue weighted by Gasteiger charge is -2.11. The van der Waals surface area contributed by atoms with E-state index < -0.39 is 0 Å². The van der Waals surface area contributed by atoms with Crippen molar-refractivity contribution < 1.29 is 14.3 Å². The van der Waals surface area contributed by atoms with E-state index >= 15 is 0 Å². The smallest absolute Gasteiger partial charge is 0.310 e. The van der Waals surface area contributed by atoms with Crippen molar-refractivity contribution in [3.05, 3.63) is 48.0 Å². The summed E-state index contributed by atoms with van der Waals surface area (Å²) >= 11 is 0. The molecule has 0 heterocycles. The normalized spacial score (nSPS) is 10.2. The second-order valence-corrected chi connectivity index (χ2v) is 4.49. The van der Waals surface area contributed by atoms with E-state index in [1.807, 2.05) is 43.3 Å². The van der Waals surface area contributed by atoms with Crippen LogP contribution in [-0.2, 0) is 4.79 Å². The number of carbonyl (C=O) groups is 1. The number of benzene rings is 2. The molecule has 0 fully saturated rings. The summed E-state index contributed by atoms with van der Waals surface area (Å²) in [7, 11) is 1.66. The van der Waals surface area contributed by atoms with Gasteiger partial charge in [0.1, 0.15) is 11.5 Å². The minimum absolute atomic E-state index is 0.232. The molecule has 2 aromatic carbocycles. The standard InChI is InChI=1S/C17H18O3/c1-4-17(18)20-14-8-5-7-13(11-14)15-9-6-10-16(19-3)12(15)2/h5-11H,4H2,1-3H3. The molecule has 0 radical (unpaired) electrons. The minimum atomic E-state index is -0.232. The van der Waals surface area contributed by atoms with Crippen molar-refractivity contribution in [3.8, 4) is 22.6 Å². The van der Waals surface area contributed by atoms with Gasteiger partial charge in [-0.1, -0.05) is 31.2 Å². The summed E-state index contributed by atoms with van der Waals surface area (Å²) in [5.74, 6) is 1.18. The van der Waals surface area contributed by atoms with Crippen LogP contribution in [0.25, 0.3) is 11.1 Å². The van der Waals surface area contributed by atoms with E-state index in [-0.39, 0.29) is 5.97 Å². The lowest BCUT2D eigenvalue weighted by molar-refractivity contribution is -0.134. The van der Waals surface area contributed by atoms with Gasteiger partial charge in [-0.2, -0.15) is 0 Å². The number of carbonyl (C=O) groups excluding carboxylic acids is 1. The van der Waals surface area contributed by atoms with Crippen molar-refractivity contribution in [1.82, 2.24) is 0 Å². The van der Waals surface area contributed by atoms with Crippen molar-refractivity contribution in [1.29, 1.82) is 0 Å². The van der Waals surface area contributed by atoms with Crippen LogP contribution in [-0.4, -0.2) is 13.1 Å². The molecule has 0 saturated carbocycles. The van der Waals surface area contributed by atoms with Crippen LogP contribution in [0.4, 0.5) is 0 Å². The van der Waals surface area contributed by atoms with Crippen molar-refractivity contribution in [2.75, 3.05) is 7.11 Å². The van der Waals surface area contributed by atoms with Gasteiger partial charge in [0.15, 0.2) is 0 Å². The van der Waals surface area contributed by atoms with Gasteiger partial charge < -0.3 is 9.47 Å². The minimum Gasteiger partial charge on any atom is -0.496 e. The zero-order valence-electron chi connectivity index (χ0n) is 12.0. The van der Waals surface area contributed by atoms with Crippen molar-refractivity contribution in [2.24, 2.45) is 0 Å². The molecule has 0 aliphatic rings. The van der Waals surface area contributed by atoms with E-state index in [0.717, 1.165) is 22.4 Å². The third-order valence-electron chi connectivity index (χ3n) is 3.17. The number of methoxy groups -OCH3 is 1. The highest BCUT2D eigenvalue weighted by molar-refractivity contribution is 5.74. The van der Waals surface area contributed by atoms with Crippen molar-refractivity contribution >= 4 is 5.97 Å². The molecule has 0 spiro atoms. The second-order valence-electron chi connectivity index (χ2n) is 4.49. The molecular weight excluding hydrogens is 252 g/mol. The molecule has 20 heavy (non-hydrogen) atoms. The lowest BCUT2D eigenvalue weighted by Crippen LogP contribution is -2.05. The van der Waals surface area contributed by atoms with Crippen molar-refractivity contribution in [3.63, 3.8) is 0 Å². The fourth-order valence-corrected chi connectivity index (χ4v) is 2.08. The van der Waals surface area contributed by atoms with Crippen LogP contribution in [0.1, 0.15) is 18.9 Å². The van der Waals surface area contributed by atoms with Gasteiger partial charge >= 0.3 is 5.97 Å². The molecule has 3 heteroatoms. The summed E-state index contributed by atoms with van der Waals surface area (Å²) in [4.78, 5) is 11.4. The number of esters is 1. The van der Waals surface area contributed by atoms with E-state index in [1.54, 1.807) is 20.1 Å². The first-order valence-corrected chi connectivity index (χ1v) is 6.60. The number of ether oxygens (including phenoxy) is 2. The molecule has 2 rings (SSSR count). The first kappa shape index (κ1) is 14.1. The Morgan fingerprint density at radius 2 is 1.90 bits per heavy atom. The molecular formula is C17H18O3. The summed E-state index contributed by atoms with van der Waals surface area (Å²) in [5, 5.41) is 0. The molecule has 2 aromatic rings. The van der Waals surface area contributed by atoms with E-state index in [0.29, 0.717) is 12.2 Å². The molecule has 0 aliphatic heterocycles. The summed E-state index contributed by atoms with van der Waals surface area (Å²) < 4.78 is 10.6. The van der Waals surface area contributed by atoms with Gasteiger partial charge in [-0.05, 0) is 41.8 Å². The highest BCUT2D eigenvalue weighted by Crippen LogP contribution is 2.31. The largest absolute Gasteiger partial charge is 0.496 e. The third kappa shape index (κ3) is 2.99. The third-order valence-corrected chi connectivity index (χ3v) is 3.17. The van der Waals surface area contributed by atoms with Crippen LogP contribution < -0.4 is 9.47 Å². The average molecular weight is 270 g/mol. The van der Waals surface area contributed by atoms with Crippen LogP contribution in [0.3, 0.4) is 0 Å². The lowest BCUT2D eigenvalue weighted by atomic mass is 10.00. The molecule has 104 valence electrons. The van der Waals surface area contributed by atoms with Crippen LogP contribution in [0, 0.1) is 6.92 Å². The summed E-state index contributed by atoms with van der Waals surface area (Å²) in [6, 6.07) is 13.4. The van der Waals surface area contributed by atoms with Gasteiger partial charge in [0.05, 0.1) is 7.11 Å². The van der Waals surface area contributed by atoms with Gasteiger partial charge in [0.25, 0.3) is 0 Å². The monoisotopic (exact) mass is 270 g/mol. The van der Waals surface area contributed by atoms with E-state index in [1.165, 1.54) is 0 Å². The highest BCUT2D eigenvalue weighted by Gasteiger charge is 2.08. The number of rotatable bonds is 4. The summed E-state index contributed by atoms with van der Waals surface area (Å²) in [6.45, 7) is 3.79. The molecule has 0 unspecified atom stereocenters. The first-order valence-electron chi connectivity index (χ1n) is 6.60. The van der Waals surface area contributed by atoms with Gasteiger partial charge in [-0.25, -0.2) is 0 Å². The van der Waals surface area contributed by atoms with E-state index in [9.17, 15) is 4.79 Å². The van der Waals surface area contributed by atoms with Gasteiger partial charge in [0, 0.05) is 6.42 Å². The predicted octanol–water partition coefficient (Wildman–Crippen LogP) is 3.99. The molecule has 3 nitrogen and oxygen atoms in total. The fraction of sp³-hybridized carbons (Fsp3) is 0.235. The van der Waals surface area contributed by atoms with E-state index in [2.05, 4.69) is 0 Å². The molecule has 0 aromatic heterocycles. The maximum atomic E-state index is 11.4. The van der Waals surface area contributed by atoms with Crippen LogP contribution in [0.15, 0.2) is 42.5 Å². The Morgan fingerprint density at radius 1 is 1.15 bits per heavy atom. The van der Waals surface area contributed by atoms with E-state index in [4.69, 9.17) is 9.47 Å².